The van der Waals surface area contributed by atoms with Crippen molar-refractivity contribution in [1.29, 1.82) is 0 Å². The fraction of sp³-hybridized carbons (Fsp3) is 0.115. The Morgan fingerprint density at radius 3 is 1.76 bits per heavy atom. The van der Waals surface area contributed by atoms with Gasteiger partial charge in [0, 0.05) is 16.7 Å². The Hall–Kier alpha value is -4.20. The van der Waals surface area contributed by atoms with E-state index in [0.29, 0.717) is 28.4 Å². The molecule has 0 saturated heterocycles. The van der Waals surface area contributed by atoms with E-state index >= 15 is 0 Å². The molecule has 0 spiro atoms. The molecule has 5 aromatic rings. The van der Waals surface area contributed by atoms with Crippen LogP contribution in [0.5, 0.6) is 5.75 Å². The van der Waals surface area contributed by atoms with Crippen LogP contribution in [0.1, 0.15) is 11.1 Å². The molecule has 8 heteroatoms. The summed E-state index contributed by atoms with van der Waals surface area (Å²) in [6.07, 6.45) is -3.03. The molecule has 3 aromatic carbocycles. The lowest BCUT2D eigenvalue weighted by molar-refractivity contribution is -0.274. The van der Waals surface area contributed by atoms with E-state index in [9.17, 15) is 13.2 Å². The zero-order valence-corrected chi connectivity index (χ0v) is 18.3. The smallest absolute Gasteiger partial charge is 0.406 e. The van der Waals surface area contributed by atoms with Gasteiger partial charge in [-0.05, 0) is 38.1 Å². The number of fused-ring (bicyclic) bond motifs is 1. The maximum Gasteiger partial charge on any atom is 0.573 e. The number of hydrogen-bond acceptors (Lipinski definition) is 4. The van der Waals surface area contributed by atoms with Crippen molar-refractivity contribution < 1.29 is 17.9 Å². The monoisotopic (exact) mass is 460 g/mol. The third kappa shape index (κ3) is 4.47. The highest BCUT2D eigenvalue weighted by Crippen LogP contribution is 2.31. The molecule has 0 aliphatic carbocycles. The summed E-state index contributed by atoms with van der Waals surface area (Å²) < 4.78 is 42.9. The lowest BCUT2D eigenvalue weighted by Crippen LogP contribution is -2.16. The van der Waals surface area contributed by atoms with Crippen molar-refractivity contribution in [2.45, 2.75) is 20.2 Å². The van der Waals surface area contributed by atoms with Crippen LogP contribution in [0.3, 0.4) is 0 Å². The van der Waals surface area contributed by atoms with Gasteiger partial charge >= 0.3 is 6.36 Å². The summed E-state index contributed by atoms with van der Waals surface area (Å²) in [7, 11) is 0. The topological polar surface area (TPSA) is 52.3 Å². The average molecular weight is 460 g/mol. The molecule has 0 saturated carbocycles. The van der Waals surface area contributed by atoms with Crippen LogP contribution >= 0.6 is 0 Å². The first-order valence-corrected chi connectivity index (χ1v) is 10.5. The number of rotatable bonds is 4. The van der Waals surface area contributed by atoms with Crippen molar-refractivity contribution in [2.24, 2.45) is 0 Å². The van der Waals surface area contributed by atoms with Crippen molar-refractivity contribution in [3.63, 3.8) is 0 Å². The lowest BCUT2D eigenvalue weighted by atomic mass is 10.0. The van der Waals surface area contributed by atoms with Gasteiger partial charge in [0.1, 0.15) is 17.1 Å². The average Bonchev–Trinajstić information content (AvgIpc) is 3.22. The SMILES string of the molecule is Cc1ccc(-c2nc3nc(-c4ccc(OC(F)(F)F)cc4)cn3nc2-c2ccc(C)cc2)cc1. The summed E-state index contributed by atoms with van der Waals surface area (Å²) in [6.45, 7) is 4.04. The molecule has 0 bridgehead atoms. The van der Waals surface area contributed by atoms with Crippen LogP contribution in [-0.4, -0.2) is 25.9 Å². The quantitative estimate of drug-likeness (QED) is 0.302. The zero-order chi connectivity index (χ0) is 23.9. The van der Waals surface area contributed by atoms with Gasteiger partial charge in [-0.25, -0.2) is 14.5 Å². The van der Waals surface area contributed by atoms with Crippen molar-refractivity contribution in [3.8, 4) is 39.5 Å². The van der Waals surface area contributed by atoms with Crippen LogP contribution in [0.2, 0.25) is 0 Å². The Morgan fingerprint density at radius 1 is 0.676 bits per heavy atom. The third-order valence-corrected chi connectivity index (χ3v) is 5.35. The van der Waals surface area contributed by atoms with Gasteiger partial charge in [0.15, 0.2) is 0 Å². The number of hydrogen-bond donors (Lipinski definition) is 0. The van der Waals surface area contributed by atoms with E-state index in [1.807, 2.05) is 62.4 Å². The first kappa shape index (κ1) is 21.6. The Balaban J connectivity index is 1.60. The molecule has 0 amide bonds. The van der Waals surface area contributed by atoms with Gasteiger partial charge < -0.3 is 4.74 Å². The van der Waals surface area contributed by atoms with Gasteiger partial charge in [0.25, 0.3) is 5.78 Å². The molecule has 0 atom stereocenters. The number of halogens is 3. The molecular formula is C26H19F3N4O. The number of nitrogens with zero attached hydrogens (tertiary/aromatic N) is 4. The van der Waals surface area contributed by atoms with Crippen LogP contribution in [0, 0.1) is 13.8 Å². The molecule has 34 heavy (non-hydrogen) atoms. The summed E-state index contributed by atoms with van der Waals surface area (Å²) in [5, 5.41) is 4.80. The molecule has 0 radical (unpaired) electrons. The third-order valence-electron chi connectivity index (χ3n) is 5.35. The maximum absolute atomic E-state index is 12.4. The molecule has 5 rings (SSSR count). The number of ether oxygens (including phenoxy) is 1. The summed E-state index contributed by atoms with van der Waals surface area (Å²) in [5.74, 6) is 0.0941. The summed E-state index contributed by atoms with van der Waals surface area (Å²) >= 11 is 0. The minimum atomic E-state index is -4.74. The predicted molar refractivity (Wildman–Crippen MR) is 123 cm³/mol. The van der Waals surface area contributed by atoms with E-state index in [-0.39, 0.29) is 5.75 Å². The minimum Gasteiger partial charge on any atom is -0.406 e. The van der Waals surface area contributed by atoms with Gasteiger partial charge in [0.2, 0.25) is 0 Å². The van der Waals surface area contributed by atoms with Gasteiger partial charge in [-0.3, -0.25) is 0 Å². The van der Waals surface area contributed by atoms with E-state index in [2.05, 4.69) is 9.72 Å². The fourth-order valence-corrected chi connectivity index (χ4v) is 3.60. The molecule has 0 aliphatic heterocycles. The Labute approximate surface area is 193 Å². The molecular weight excluding hydrogens is 441 g/mol. The number of benzene rings is 3. The van der Waals surface area contributed by atoms with Crippen LogP contribution in [0.25, 0.3) is 39.5 Å². The van der Waals surface area contributed by atoms with Crippen molar-refractivity contribution in [2.75, 3.05) is 0 Å². The molecule has 170 valence electrons. The summed E-state index contributed by atoms with van der Waals surface area (Å²) in [5.41, 5.74) is 6.66. The van der Waals surface area contributed by atoms with Crippen molar-refractivity contribution >= 4 is 5.78 Å². The van der Waals surface area contributed by atoms with Crippen molar-refractivity contribution in [1.82, 2.24) is 19.6 Å². The largest absolute Gasteiger partial charge is 0.573 e. The zero-order valence-electron chi connectivity index (χ0n) is 18.3. The van der Waals surface area contributed by atoms with Crippen LogP contribution in [0.4, 0.5) is 13.2 Å². The summed E-state index contributed by atoms with van der Waals surface area (Å²) in [4.78, 5) is 9.37. The molecule has 5 nitrogen and oxygen atoms in total. The highest BCUT2D eigenvalue weighted by atomic mass is 19.4. The van der Waals surface area contributed by atoms with Crippen LogP contribution < -0.4 is 4.74 Å². The van der Waals surface area contributed by atoms with Gasteiger partial charge in [0.05, 0.1) is 11.9 Å². The highest BCUT2D eigenvalue weighted by Gasteiger charge is 2.31. The van der Waals surface area contributed by atoms with Gasteiger partial charge in [-0.2, -0.15) is 5.10 Å². The fourth-order valence-electron chi connectivity index (χ4n) is 3.60. The second kappa shape index (κ2) is 8.30. The Bertz CT molecular complexity index is 1370. The van der Waals surface area contributed by atoms with E-state index in [4.69, 9.17) is 10.1 Å². The van der Waals surface area contributed by atoms with Crippen LogP contribution in [0.15, 0.2) is 79.0 Å². The first-order valence-electron chi connectivity index (χ1n) is 10.5. The number of imidazole rings is 1. The van der Waals surface area contributed by atoms with Gasteiger partial charge in [-0.1, -0.05) is 59.7 Å². The normalized spacial score (nSPS) is 11.7. The predicted octanol–water partition coefficient (Wildman–Crippen LogP) is 6.64. The standard InChI is InChI=1S/C26H19F3N4O/c1-16-3-7-19(8-4-16)23-24(20-9-5-17(2)6-10-20)32-33-15-22(30-25(33)31-23)18-11-13-21(14-12-18)34-26(27,28)29/h3-15H,1-2H3. The second-order valence-electron chi connectivity index (χ2n) is 7.98. The first-order chi connectivity index (χ1) is 16.2. The minimum absolute atomic E-state index is 0.292. The number of alkyl halides is 3. The summed E-state index contributed by atoms with van der Waals surface area (Å²) in [6, 6.07) is 21.6. The Morgan fingerprint density at radius 2 is 1.21 bits per heavy atom. The second-order valence-corrected chi connectivity index (χ2v) is 7.98. The highest BCUT2D eigenvalue weighted by molar-refractivity contribution is 5.79. The van der Waals surface area contributed by atoms with E-state index in [1.54, 1.807) is 10.7 Å². The Kier molecular flexibility index (Phi) is 5.28. The number of aryl methyl sites for hydroxylation is 2. The van der Waals surface area contributed by atoms with E-state index in [0.717, 1.165) is 22.3 Å². The van der Waals surface area contributed by atoms with Crippen LogP contribution in [-0.2, 0) is 0 Å². The van der Waals surface area contributed by atoms with Crippen molar-refractivity contribution in [3.05, 3.63) is 90.1 Å². The maximum atomic E-state index is 12.4. The molecule has 2 heterocycles. The molecule has 0 N–H and O–H groups in total. The number of aromatic nitrogens is 4. The molecule has 2 aromatic heterocycles. The van der Waals surface area contributed by atoms with E-state index in [1.165, 1.54) is 24.3 Å². The lowest BCUT2D eigenvalue weighted by Gasteiger charge is -2.09. The van der Waals surface area contributed by atoms with E-state index < -0.39 is 6.36 Å². The molecule has 0 aliphatic rings. The molecule has 0 fully saturated rings. The molecule has 0 unspecified atom stereocenters. The van der Waals surface area contributed by atoms with Gasteiger partial charge in [-0.15, -0.1) is 13.2 Å².